The van der Waals surface area contributed by atoms with Crippen molar-refractivity contribution in [2.75, 3.05) is 6.54 Å². The van der Waals surface area contributed by atoms with Crippen LogP contribution in [0.25, 0.3) is 10.2 Å². The minimum atomic E-state index is -0.0333. The van der Waals surface area contributed by atoms with Gasteiger partial charge in [0, 0.05) is 35.9 Å². The number of nitriles is 1. The first-order valence-corrected chi connectivity index (χ1v) is 10.8. The molecule has 0 N–H and O–H groups in total. The van der Waals surface area contributed by atoms with Gasteiger partial charge in [0.2, 0.25) is 0 Å². The number of rotatable bonds is 3. The maximum Gasteiger partial charge on any atom is 0.263 e. The summed E-state index contributed by atoms with van der Waals surface area (Å²) in [5, 5.41) is 10.1. The molecule has 0 spiro atoms. The molecule has 4 heterocycles. The van der Waals surface area contributed by atoms with E-state index in [1.807, 2.05) is 0 Å². The lowest BCUT2D eigenvalue weighted by Crippen LogP contribution is -2.38. The monoisotopic (exact) mass is 393 g/mol. The molecule has 0 fully saturated rings. The van der Waals surface area contributed by atoms with Crippen molar-refractivity contribution in [3.8, 4) is 6.07 Å². The molecule has 5 rings (SSSR count). The molecular formula is C21H23N5OS. The van der Waals surface area contributed by atoms with Gasteiger partial charge in [-0.15, -0.1) is 11.3 Å². The molecule has 1 unspecified atom stereocenters. The quantitative estimate of drug-likeness (QED) is 0.685. The van der Waals surface area contributed by atoms with Crippen LogP contribution >= 0.6 is 11.3 Å². The third kappa shape index (κ3) is 2.71. The maximum absolute atomic E-state index is 13.3. The van der Waals surface area contributed by atoms with E-state index < -0.39 is 0 Å². The zero-order valence-electron chi connectivity index (χ0n) is 16.0. The third-order valence-electron chi connectivity index (χ3n) is 6.20. The van der Waals surface area contributed by atoms with Gasteiger partial charge in [0.05, 0.1) is 18.0 Å². The molecule has 0 saturated carbocycles. The second-order valence-corrected chi connectivity index (χ2v) is 8.83. The van der Waals surface area contributed by atoms with Crippen LogP contribution in [0.15, 0.2) is 23.1 Å². The highest BCUT2D eigenvalue weighted by Gasteiger charge is 2.27. The average Bonchev–Trinajstić information content (AvgIpc) is 3.31. The lowest BCUT2D eigenvalue weighted by Gasteiger charge is -2.34. The number of hydrogen-bond acceptors (Lipinski definition) is 5. The van der Waals surface area contributed by atoms with Crippen molar-refractivity contribution in [1.29, 1.82) is 5.26 Å². The first kappa shape index (κ1) is 17.7. The van der Waals surface area contributed by atoms with Crippen LogP contribution in [-0.2, 0) is 32.5 Å². The predicted molar refractivity (Wildman–Crippen MR) is 109 cm³/mol. The highest BCUT2D eigenvalue weighted by Crippen LogP contribution is 2.34. The summed E-state index contributed by atoms with van der Waals surface area (Å²) < 4.78 is 3.89. The van der Waals surface area contributed by atoms with Crippen molar-refractivity contribution in [3.05, 3.63) is 50.6 Å². The van der Waals surface area contributed by atoms with Crippen molar-refractivity contribution in [1.82, 2.24) is 19.0 Å². The Bertz CT molecular complexity index is 1150. The van der Waals surface area contributed by atoms with Crippen molar-refractivity contribution in [3.63, 3.8) is 0 Å². The molecule has 0 radical (unpaired) electrons. The van der Waals surface area contributed by atoms with E-state index in [0.29, 0.717) is 12.4 Å². The first-order chi connectivity index (χ1) is 13.7. The lowest BCUT2D eigenvalue weighted by atomic mass is 9.97. The lowest BCUT2D eigenvalue weighted by molar-refractivity contribution is 0.154. The summed E-state index contributed by atoms with van der Waals surface area (Å²) in [5.41, 5.74) is 2.44. The van der Waals surface area contributed by atoms with E-state index in [4.69, 9.17) is 4.98 Å². The van der Waals surface area contributed by atoms with Gasteiger partial charge in [-0.2, -0.15) is 5.26 Å². The fourth-order valence-electron chi connectivity index (χ4n) is 4.66. The number of hydrogen-bond donors (Lipinski definition) is 0. The fourth-order valence-corrected chi connectivity index (χ4v) is 5.93. The number of aromatic nitrogens is 3. The highest BCUT2D eigenvalue weighted by molar-refractivity contribution is 7.18. The van der Waals surface area contributed by atoms with Gasteiger partial charge in [-0.1, -0.05) is 0 Å². The summed E-state index contributed by atoms with van der Waals surface area (Å²) in [5.74, 6) is 0.713. The minimum Gasteiger partial charge on any atom is -0.349 e. The SMILES string of the molecule is CC1c2cccn2CCN1Cc1nc2sc3c(c2c(=O)n1CC#N)CCCC3. The molecule has 1 aliphatic heterocycles. The Labute approximate surface area is 167 Å². The van der Waals surface area contributed by atoms with Crippen LogP contribution < -0.4 is 5.56 Å². The minimum absolute atomic E-state index is 0.0333. The van der Waals surface area contributed by atoms with E-state index in [1.54, 1.807) is 15.9 Å². The van der Waals surface area contributed by atoms with Crippen LogP contribution in [-0.4, -0.2) is 25.6 Å². The molecule has 6 nitrogen and oxygen atoms in total. The molecule has 0 saturated heterocycles. The number of aryl methyl sites for hydroxylation is 2. The summed E-state index contributed by atoms with van der Waals surface area (Å²) in [4.78, 5) is 22.7. The highest BCUT2D eigenvalue weighted by atomic mass is 32.1. The summed E-state index contributed by atoms with van der Waals surface area (Å²) in [7, 11) is 0. The summed E-state index contributed by atoms with van der Waals surface area (Å²) in [6, 6.07) is 6.66. The number of fused-ring (bicyclic) bond motifs is 4. The smallest absolute Gasteiger partial charge is 0.263 e. The molecule has 28 heavy (non-hydrogen) atoms. The van der Waals surface area contributed by atoms with Crippen molar-refractivity contribution in [2.24, 2.45) is 0 Å². The molecule has 0 aromatic carbocycles. The van der Waals surface area contributed by atoms with E-state index in [9.17, 15) is 10.1 Å². The van der Waals surface area contributed by atoms with Crippen LogP contribution in [0.2, 0.25) is 0 Å². The van der Waals surface area contributed by atoms with Crippen LogP contribution in [0.3, 0.4) is 0 Å². The van der Waals surface area contributed by atoms with Crippen molar-refractivity contribution >= 4 is 21.6 Å². The maximum atomic E-state index is 13.3. The van der Waals surface area contributed by atoms with Crippen LogP contribution in [0.4, 0.5) is 0 Å². The summed E-state index contributed by atoms with van der Waals surface area (Å²) in [6.45, 7) is 4.68. The molecular weight excluding hydrogens is 370 g/mol. The molecule has 2 aliphatic rings. The van der Waals surface area contributed by atoms with Gasteiger partial charge in [-0.3, -0.25) is 14.3 Å². The van der Waals surface area contributed by atoms with Gasteiger partial charge in [-0.25, -0.2) is 4.98 Å². The van der Waals surface area contributed by atoms with Crippen LogP contribution in [0.1, 0.15) is 47.8 Å². The van der Waals surface area contributed by atoms with E-state index in [0.717, 1.165) is 42.6 Å². The molecule has 3 aromatic heterocycles. The predicted octanol–water partition coefficient (Wildman–Crippen LogP) is 3.24. The standard InChI is InChI=1S/C21H23N5OS/c1-14-16-6-4-9-24(16)11-12-25(14)13-18-23-20-19(21(27)26(18)10-8-22)15-5-2-3-7-17(15)28-20/h4,6,9,14H,2-3,5,7,10-13H2,1H3. The Morgan fingerprint density at radius 1 is 1.32 bits per heavy atom. The van der Waals surface area contributed by atoms with Gasteiger partial charge in [0.25, 0.3) is 5.56 Å². The fraction of sp³-hybridized carbons (Fsp3) is 0.476. The first-order valence-electron chi connectivity index (χ1n) is 9.97. The van der Waals surface area contributed by atoms with Crippen molar-refractivity contribution in [2.45, 2.75) is 58.3 Å². The van der Waals surface area contributed by atoms with E-state index in [-0.39, 0.29) is 18.1 Å². The number of thiophene rings is 1. The van der Waals surface area contributed by atoms with Crippen molar-refractivity contribution < 1.29 is 0 Å². The summed E-state index contributed by atoms with van der Waals surface area (Å²) >= 11 is 1.68. The molecule has 1 atom stereocenters. The van der Waals surface area contributed by atoms with Crippen LogP contribution in [0, 0.1) is 11.3 Å². The van der Waals surface area contributed by atoms with Gasteiger partial charge in [0.15, 0.2) is 0 Å². The third-order valence-corrected chi connectivity index (χ3v) is 7.38. The Balaban J connectivity index is 1.58. The largest absolute Gasteiger partial charge is 0.349 e. The second-order valence-electron chi connectivity index (χ2n) is 7.74. The molecule has 1 aliphatic carbocycles. The van der Waals surface area contributed by atoms with Crippen LogP contribution in [0.5, 0.6) is 0 Å². The Morgan fingerprint density at radius 2 is 2.18 bits per heavy atom. The van der Waals surface area contributed by atoms with E-state index in [2.05, 4.69) is 40.8 Å². The summed E-state index contributed by atoms with van der Waals surface area (Å²) in [6.07, 6.45) is 6.43. The van der Waals surface area contributed by atoms with E-state index in [1.165, 1.54) is 22.6 Å². The Hall–Kier alpha value is -2.43. The van der Waals surface area contributed by atoms with E-state index >= 15 is 0 Å². The normalized spacial score (nSPS) is 19.4. The molecule has 144 valence electrons. The van der Waals surface area contributed by atoms with Gasteiger partial charge < -0.3 is 4.57 Å². The molecule has 0 amide bonds. The topological polar surface area (TPSA) is 66.8 Å². The molecule has 3 aromatic rings. The zero-order valence-corrected chi connectivity index (χ0v) is 16.8. The van der Waals surface area contributed by atoms with Gasteiger partial charge in [0.1, 0.15) is 17.2 Å². The zero-order chi connectivity index (χ0) is 19.3. The average molecular weight is 394 g/mol. The Morgan fingerprint density at radius 3 is 3.04 bits per heavy atom. The van der Waals surface area contributed by atoms with Gasteiger partial charge >= 0.3 is 0 Å². The number of nitrogens with zero attached hydrogens (tertiary/aromatic N) is 5. The Kier molecular flexibility index (Phi) is 4.33. The van der Waals surface area contributed by atoms with Gasteiger partial charge in [-0.05, 0) is 50.3 Å². The molecule has 7 heteroatoms. The second kappa shape index (κ2) is 6.87. The molecule has 0 bridgehead atoms.